The molecule has 6 nitrogen and oxygen atoms in total. The summed E-state index contributed by atoms with van der Waals surface area (Å²) in [4.78, 5) is 28.0. The average molecular weight is 351 g/mol. The van der Waals surface area contributed by atoms with Gasteiger partial charge in [-0.05, 0) is 32.9 Å². The number of rotatable bonds is 4. The predicted octanol–water partition coefficient (Wildman–Crippen LogP) is 2.08. The zero-order valence-electron chi connectivity index (χ0n) is 13.5. The lowest BCUT2D eigenvalue weighted by molar-refractivity contribution is -0.119. The highest BCUT2D eigenvalue weighted by atomic mass is 32.2. The van der Waals surface area contributed by atoms with Crippen molar-refractivity contribution in [3.63, 3.8) is 0 Å². The fourth-order valence-corrected chi connectivity index (χ4v) is 2.79. The number of aromatic nitrogens is 2. The third-order valence-electron chi connectivity index (χ3n) is 2.81. The van der Waals surface area contributed by atoms with E-state index in [0.29, 0.717) is 0 Å². The van der Waals surface area contributed by atoms with Crippen LogP contribution in [-0.4, -0.2) is 31.9 Å². The molecule has 2 rings (SSSR count). The molecule has 0 radical (unpaired) electrons. The van der Waals surface area contributed by atoms with Crippen LogP contribution in [0.4, 0.5) is 4.39 Å². The van der Waals surface area contributed by atoms with Crippen LogP contribution in [0.2, 0.25) is 0 Å². The van der Waals surface area contributed by atoms with Crippen molar-refractivity contribution in [2.24, 2.45) is 0 Å². The zero-order valence-corrected chi connectivity index (χ0v) is 14.4. The summed E-state index contributed by atoms with van der Waals surface area (Å²) in [5, 5.41) is 12.4. The van der Waals surface area contributed by atoms with Crippen LogP contribution in [0.3, 0.4) is 0 Å². The van der Waals surface area contributed by atoms with E-state index in [1.54, 1.807) is 6.07 Å². The lowest BCUT2D eigenvalue weighted by Gasteiger charge is -2.20. The van der Waals surface area contributed by atoms with Gasteiger partial charge in [0.25, 0.3) is 5.56 Å². The fourth-order valence-electron chi connectivity index (χ4n) is 1.99. The third-order valence-corrected chi connectivity index (χ3v) is 3.75. The molecule has 0 aliphatic heterocycles. The van der Waals surface area contributed by atoms with Crippen molar-refractivity contribution < 1.29 is 14.3 Å². The van der Waals surface area contributed by atoms with Crippen LogP contribution in [-0.2, 0) is 4.79 Å². The van der Waals surface area contributed by atoms with Crippen molar-refractivity contribution in [2.45, 2.75) is 31.5 Å². The van der Waals surface area contributed by atoms with Crippen molar-refractivity contribution in [3.8, 4) is 11.6 Å². The van der Waals surface area contributed by atoms with Crippen LogP contribution in [0.5, 0.6) is 5.88 Å². The van der Waals surface area contributed by atoms with E-state index in [2.05, 4.69) is 10.3 Å². The molecular weight excluding hydrogens is 333 g/mol. The van der Waals surface area contributed by atoms with Crippen molar-refractivity contribution in [1.29, 1.82) is 0 Å². The Morgan fingerprint density at radius 3 is 2.67 bits per heavy atom. The molecule has 2 aromatic rings. The van der Waals surface area contributed by atoms with E-state index < -0.39 is 22.8 Å². The summed E-state index contributed by atoms with van der Waals surface area (Å²) in [5.41, 5.74) is -1.02. The van der Waals surface area contributed by atoms with Crippen LogP contribution < -0.4 is 10.9 Å². The van der Waals surface area contributed by atoms with Crippen LogP contribution in [0, 0.1) is 5.82 Å². The molecular formula is C16H18FN3O3S. The molecule has 0 aliphatic rings. The first-order valence-electron chi connectivity index (χ1n) is 7.19. The van der Waals surface area contributed by atoms with Gasteiger partial charge in [-0.2, -0.15) is 4.98 Å². The maximum absolute atomic E-state index is 14.0. The Morgan fingerprint density at radius 1 is 1.38 bits per heavy atom. The van der Waals surface area contributed by atoms with Crippen molar-refractivity contribution in [3.05, 3.63) is 46.5 Å². The number of nitrogens with zero attached hydrogens (tertiary/aromatic N) is 2. The smallest absolute Gasteiger partial charge is 0.262 e. The minimum atomic E-state index is -0.633. The summed E-state index contributed by atoms with van der Waals surface area (Å²) in [7, 11) is 0. The van der Waals surface area contributed by atoms with Gasteiger partial charge < -0.3 is 10.4 Å². The second kappa shape index (κ2) is 7.04. The molecule has 1 amide bonds. The predicted molar refractivity (Wildman–Crippen MR) is 90.1 cm³/mol. The molecule has 24 heavy (non-hydrogen) atoms. The van der Waals surface area contributed by atoms with Gasteiger partial charge in [-0.25, -0.2) is 4.39 Å². The second-order valence-electron chi connectivity index (χ2n) is 6.11. The van der Waals surface area contributed by atoms with Gasteiger partial charge in [-0.1, -0.05) is 23.9 Å². The van der Waals surface area contributed by atoms with E-state index in [-0.39, 0.29) is 22.5 Å². The Labute approximate surface area is 142 Å². The number of nitrogens with one attached hydrogen (secondary N) is 1. The second-order valence-corrected chi connectivity index (χ2v) is 7.05. The number of benzene rings is 1. The summed E-state index contributed by atoms with van der Waals surface area (Å²) in [5.74, 6) is -1.37. The molecule has 0 aliphatic carbocycles. The minimum absolute atomic E-state index is 0.00808. The number of thioether (sulfide) groups is 1. The number of hydrogen-bond donors (Lipinski definition) is 2. The summed E-state index contributed by atoms with van der Waals surface area (Å²) in [6.45, 7) is 5.53. The molecule has 0 atom stereocenters. The van der Waals surface area contributed by atoms with Gasteiger partial charge in [0.15, 0.2) is 5.16 Å². The maximum atomic E-state index is 14.0. The number of aromatic hydroxyl groups is 1. The third kappa shape index (κ3) is 4.58. The zero-order chi connectivity index (χ0) is 17.9. The molecule has 8 heteroatoms. The van der Waals surface area contributed by atoms with E-state index in [4.69, 9.17) is 0 Å². The molecule has 0 unspecified atom stereocenters. The Morgan fingerprint density at radius 2 is 2.04 bits per heavy atom. The lowest BCUT2D eigenvalue weighted by Crippen LogP contribution is -2.41. The molecule has 0 spiro atoms. The van der Waals surface area contributed by atoms with Gasteiger partial charge >= 0.3 is 0 Å². The lowest BCUT2D eigenvalue weighted by atomic mass is 10.1. The highest BCUT2D eigenvalue weighted by Crippen LogP contribution is 2.21. The highest BCUT2D eigenvalue weighted by Gasteiger charge is 2.18. The van der Waals surface area contributed by atoms with Crippen molar-refractivity contribution >= 4 is 17.7 Å². The molecule has 1 aromatic heterocycles. The minimum Gasteiger partial charge on any atom is -0.493 e. The van der Waals surface area contributed by atoms with Gasteiger partial charge in [0.1, 0.15) is 5.82 Å². The van der Waals surface area contributed by atoms with Gasteiger partial charge in [-0.15, -0.1) is 0 Å². The molecule has 128 valence electrons. The average Bonchev–Trinajstić information content (AvgIpc) is 2.44. The van der Waals surface area contributed by atoms with E-state index in [1.807, 2.05) is 20.8 Å². The number of amides is 1. The summed E-state index contributed by atoms with van der Waals surface area (Å²) in [6, 6.07) is 6.62. The Balaban J connectivity index is 2.35. The summed E-state index contributed by atoms with van der Waals surface area (Å²) in [6.07, 6.45) is 0. The van der Waals surface area contributed by atoms with Gasteiger partial charge in [-0.3, -0.25) is 14.2 Å². The van der Waals surface area contributed by atoms with Gasteiger partial charge in [0, 0.05) is 5.54 Å². The van der Waals surface area contributed by atoms with Crippen molar-refractivity contribution in [1.82, 2.24) is 14.9 Å². The summed E-state index contributed by atoms with van der Waals surface area (Å²) < 4.78 is 15.1. The number of carbonyl (C=O) groups is 1. The SMILES string of the molecule is CC(C)(C)NC(=O)CSc1nc(O)cc(=O)n1-c1ccccc1F. The van der Waals surface area contributed by atoms with Crippen LogP contribution in [0.1, 0.15) is 20.8 Å². The Hall–Kier alpha value is -2.35. The van der Waals surface area contributed by atoms with E-state index in [9.17, 15) is 19.1 Å². The van der Waals surface area contributed by atoms with Gasteiger partial charge in [0.05, 0.1) is 17.5 Å². The topological polar surface area (TPSA) is 84.2 Å². The molecule has 0 fully saturated rings. The quantitative estimate of drug-likeness (QED) is 0.651. The fraction of sp³-hybridized carbons (Fsp3) is 0.312. The number of hydrogen-bond acceptors (Lipinski definition) is 5. The van der Waals surface area contributed by atoms with Crippen molar-refractivity contribution in [2.75, 3.05) is 5.75 Å². The van der Waals surface area contributed by atoms with Gasteiger partial charge in [0.2, 0.25) is 11.8 Å². The molecule has 0 saturated carbocycles. The van der Waals surface area contributed by atoms with Crippen LogP contribution >= 0.6 is 11.8 Å². The summed E-state index contributed by atoms with van der Waals surface area (Å²) >= 11 is 0.941. The van der Waals surface area contributed by atoms with E-state index in [0.717, 1.165) is 22.4 Å². The first-order chi connectivity index (χ1) is 11.2. The highest BCUT2D eigenvalue weighted by molar-refractivity contribution is 7.99. The van der Waals surface area contributed by atoms with Crippen LogP contribution in [0.25, 0.3) is 5.69 Å². The number of para-hydroxylation sites is 1. The maximum Gasteiger partial charge on any atom is 0.262 e. The molecule has 0 saturated heterocycles. The Bertz CT molecular complexity index is 815. The normalized spacial score (nSPS) is 11.3. The number of carbonyl (C=O) groups excluding carboxylic acids is 1. The molecule has 0 bridgehead atoms. The largest absolute Gasteiger partial charge is 0.493 e. The first kappa shape index (κ1) is 18.0. The van der Waals surface area contributed by atoms with E-state index >= 15 is 0 Å². The first-order valence-corrected chi connectivity index (χ1v) is 8.18. The molecule has 2 N–H and O–H groups in total. The number of halogens is 1. The molecule has 1 aromatic carbocycles. The van der Waals surface area contributed by atoms with Crippen LogP contribution in [0.15, 0.2) is 40.3 Å². The van der Waals surface area contributed by atoms with E-state index in [1.165, 1.54) is 18.2 Å². The molecule has 1 heterocycles. The Kier molecular flexibility index (Phi) is 5.28. The monoisotopic (exact) mass is 351 g/mol. The standard InChI is InChI=1S/C16H18FN3O3S/c1-16(2,3)19-13(22)9-24-15-18-12(21)8-14(23)20(15)11-7-5-4-6-10(11)17/h4-8,21H,9H2,1-3H3,(H,19,22).